The van der Waals surface area contributed by atoms with Crippen molar-refractivity contribution < 1.29 is 9.90 Å². The van der Waals surface area contributed by atoms with E-state index >= 15 is 0 Å². The van der Waals surface area contributed by atoms with Gasteiger partial charge in [-0.15, -0.1) is 0 Å². The number of aryl methyl sites for hydroxylation is 2. The summed E-state index contributed by atoms with van der Waals surface area (Å²) in [6.45, 7) is 4.55. The van der Waals surface area contributed by atoms with Gasteiger partial charge >= 0.3 is 0 Å². The van der Waals surface area contributed by atoms with Gasteiger partial charge in [-0.05, 0) is 55.8 Å². The zero-order valence-corrected chi connectivity index (χ0v) is 16.6. The largest absolute Gasteiger partial charge is 0.507 e. The van der Waals surface area contributed by atoms with Crippen LogP contribution in [0.4, 0.5) is 0 Å². The van der Waals surface area contributed by atoms with Crippen molar-refractivity contribution in [2.45, 2.75) is 20.4 Å². The van der Waals surface area contributed by atoms with E-state index in [4.69, 9.17) is 0 Å². The minimum Gasteiger partial charge on any atom is -0.507 e. The van der Waals surface area contributed by atoms with Crippen LogP contribution in [-0.4, -0.2) is 27.0 Å². The molecule has 2 N–H and O–H groups in total. The van der Waals surface area contributed by atoms with Crippen molar-refractivity contribution in [3.63, 3.8) is 0 Å². The lowest BCUT2D eigenvalue weighted by Crippen LogP contribution is -2.18. The Hall–Kier alpha value is -2.93. The van der Waals surface area contributed by atoms with Crippen molar-refractivity contribution in [2.75, 3.05) is 0 Å². The van der Waals surface area contributed by atoms with Gasteiger partial charge in [-0.25, -0.2) is 5.43 Å². The molecule has 0 spiro atoms. The number of nitrogens with one attached hydrogen (secondary N) is 1. The molecule has 0 saturated carbocycles. The number of phenolic OH excluding ortho intramolecular Hbond substituents is 1. The first kappa shape index (κ1) is 18.8. The average Bonchev–Trinajstić information content (AvgIpc) is 2.95. The number of nitrogens with zero attached hydrogens (tertiary/aromatic N) is 3. The fourth-order valence-corrected chi connectivity index (χ4v) is 3.05. The van der Waals surface area contributed by atoms with Crippen LogP contribution in [0.3, 0.4) is 0 Å². The molecule has 1 amide bonds. The van der Waals surface area contributed by atoms with Gasteiger partial charge < -0.3 is 5.11 Å². The van der Waals surface area contributed by atoms with Crippen molar-refractivity contribution in [1.82, 2.24) is 15.2 Å². The highest BCUT2D eigenvalue weighted by molar-refractivity contribution is 9.10. The first-order valence-electron chi connectivity index (χ1n) is 8.34. The molecule has 0 fully saturated rings. The highest BCUT2D eigenvalue weighted by Crippen LogP contribution is 2.20. The smallest absolute Gasteiger partial charge is 0.271 e. The first-order chi connectivity index (χ1) is 12.9. The molecule has 1 aromatic heterocycles. The zero-order chi connectivity index (χ0) is 19.4. The Kier molecular flexibility index (Phi) is 5.71. The molecule has 0 aliphatic carbocycles. The van der Waals surface area contributed by atoms with E-state index in [1.807, 2.05) is 42.8 Å². The Bertz CT molecular complexity index is 1010. The molecule has 0 unspecified atom stereocenters. The van der Waals surface area contributed by atoms with Crippen molar-refractivity contribution in [2.24, 2.45) is 5.10 Å². The van der Waals surface area contributed by atoms with Gasteiger partial charge in [0.25, 0.3) is 5.91 Å². The van der Waals surface area contributed by atoms with Crippen LogP contribution in [0, 0.1) is 13.8 Å². The number of hydrazone groups is 1. The number of hydrogen-bond donors (Lipinski definition) is 2. The summed E-state index contributed by atoms with van der Waals surface area (Å²) in [5.41, 5.74) is 6.50. The summed E-state index contributed by atoms with van der Waals surface area (Å²) in [6, 6.07) is 14.3. The van der Waals surface area contributed by atoms with Gasteiger partial charge in [-0.2, -0.15) is 10.2 Å². The summed E-state index contributed by atoms with van der Waals surface area (Å²) in [5.74, 6) is -0.237. The van der Waals surface area contributed by atoms with Crippen LogP contribution in [0.5, 0.6) is 5.75 Å². The third-order valence-electron chi connectivity index (χ3n) is 3.98. The highest BCUT2D eigenvalue weighted by Gasteiger charge is 2.07. The number of hydrogen-bond acceptors (Lipinski definition) is 4. The molecule has 0 bridgehead atoms. The molecule has 3 rings (SSSR count). The van der Waals surface area contributed by atoms with Gasteiger partial charge in [0.05, 0.1) is 18.5 Å². The maximum Gasteiger partial charge on any atom is 0.271 e. The van der Waals surface area contributed by atoms with Crippen molar-refractivity contribution >= 4 is 28.1 Å². The quantitative estimate of drug-likeness (QED) is 0.481. The summed E-state index contributed by atoms with van der Waals surface area (Å²) < 4.78 is 2.71. The second-order valence-corrected chi connectivity index (χ2v) is 7.10. The fraction of sp³-hybridized carbons (Fsp3) is 0.150. The molecule has 6 nitrogen and oxygen atoms in total. The van der Waals surface area contributed by atoms with E-state index in [2.05, 4.69) is 31.6 Å². The molecular formula is C20H19BrN4O2. The van der Waals surface area contributed by atoms with Crippen molar-refractivity contribution in [3.8, 4) is 5.75 Å². The Morgan fingerprint density at radius 1 is 1.26 bits per heavy atom. The van der Waals surface area contributed by atoms with Crippen LogP contribution in [0.25, 0.3) is 0 Å². The fourth-order valence-electron chi connectivity index (χ4n) is 2.67. The molecule has 0 aliphatic heterocycles. The van der Waals surface area contributed by atoms with Gasteiger partial charge in [0.15, 0.2) is 0 Å². The maximum absolute atomic E-state index is 12.3. The van der Waals surface area contributed by atoms with Crippen LogP contribution in [0.2, 0.25) is 0 Å². The number of aromatic nitrogens is 2. The van der Waals surface area contributed by atoms with Gasteiger partial charge in [0.2, 0.25) is 0 Å². The predicted octanol–water partition coefficient (Wildman–Crippen LogP) is 3.78. The number of carbonyl (C=O) groups is 1. The SMILES string of the molecule is Cc1cc(C)n(Cc2cccc(C(=O)NN=Cc3cc(Br)ccc3O)c2)n1. The molecule has 3 aromatic rings. The second-order valence-electron chi connectivity index (χ2n) is 6.19. The monoisotopic (exact) mass is 426 g/mol. The van der Waals surface area contributed by atoms with E-state index in [0.717, 1.165) is 21.4 Å². The summed E-state index contributed by atoms with van der Waals surface area (Å²) in [7, 11) is 0. The number of carbonyl (C=O) groups excluding carboxylic acids is 1. The number of amides is 1. The molecule has 27 heavy (non-hydrogen) atoms. The van der Waals surface area contributed by atoms with Crippen LogP contribution in [0.1, 0.15) is 32.9 Å². The maximum atomic E-state index is 12.3. The summed E-state index contributed by atoms with van der Waals surface area (Å²) in [4.78, 5) is 12.3. The van der Waals surface area contributed by atoms with E-state index in [9.17, 15) is 9.90 Å². The number of rotatable bonds is 5. The normalized spacial score (nSPS) is 11.1. The van der Waals surface area contributed by atoms with Crippen LogP contribution < -0.4 is 5.43 Å². The Balaban J connectivity index is 1.69. The zero-order valence-electron chi connectivity index (χ0n) is 15.0. The molecular weight excluding hydrogens is 408 g/mol. The third-order valence-corrected chi connectivity index (χ3v) is 4.48. The highest BCUT2D eigenvalue weighted by atomic mass is 79.9. The minimum absolute atomic E-state index is 0.0862. The Labute approximate surface area is 165 Å². The molecule has 1 heterocycles. The van der Waals surface area contributed by atoms with E-state index < -0.39 is 0 Å². The molecule has 138 valence electrons. The number of halogens is 1. The van der Waals surface area contributed by atoms with Crippen LogP contribution >= 0.6 is 15.9 Å². The van der Waals surface area contributed by atoms with Gasteiger partial charge in [0.1, 0.15) is 5.75 Å². The lowest BCUT2D eigenvalue weighted by Gasteiger charge is -2.07. The number of benzene rings is 2. The van der Waals surface area contributed by atoms with Crippen LogP contribution in [0.15, 0.2) is 58.1 Å². The molecule has 0 aliphatic rings. The lowest BCUT2D eigenvalue weighted by atomic mass is 10.1. The predicted molar refractivity (Wildman–Crippen MR) is 108 cm³/mol. The van der Waals surface area contributed by atoms with E-state index in [1.54, 1.807) is 24.3 Å². The third kappa shape index (κ3) is 4.83. The van der Waals surface area contributed by atoms with E-state index in [0.29, 0.717) is 17.7 Å². The Morgan fingerprint density at radius 2 is 2.07 bits per heavy atom. The minimum atomic E-state index is -0.323. The molecule has 0 radical (unpaired) electrons. The average molecular weight is 427 g/mol. The van der Waals surface area contributed by atoms with Crippen molar-refractivity contribution in [3.05, 3.63) is 81.1 Å². The summed E-state index contributed by atoms with van der Waals surface area (Å²) in [5, 5.41) is 18.2. The number of phenols is 1. The van der Waals surface area contributed by atoms with Gasteiger partial charge in [-0.1, -0.05) is 28.1 Å². The standard InChI is InChI=1S/C20H19BrN4O2/c1-13-8-14(2)25(24-13)12-15-4-3-5-16(9-15)20(27)23-22-11-17-10-18(21)6-7-19(17)26/h3-11,26H,12H2,1-2H3,(H,23,27). The molecule has 0 atom stereocenters. The number of aromatic hydroxyl groups is 1. The molecule has 0 saturated heterocycles. The molecule has 2 aromatic carbocycles. The van der Waals surface area contributed by atoms with E-state index in [-0.39, 0.29) is 11.7 Å². The van der Waals surface area contributed by atoms with Gasteiger partial charge in [-0.3, -0.25) is 9.48 Å². The lowest BCUT2D eigenvalue weighted by molar-refractivity contribution is 0.0955. The second kappa shape index (κ2) is 8.18. The first-order valence-corrected chi connectivity index (χ1v) is 9.13. The van der Waals surface area contributed by atoms with E-state index in [1.165, 1.54) is 6.21 Å². The van der Waals surface area contributed by atoms with Crippen molar-refractivity contribution in [1.29, 1.82) is 0 Å². The summed E-state index contributed by atoms with van der Waals surface area (Å²) >= 11 is 3.33. The van der Waals surface area contributed by atoms with Gasteiger partial charge in [0, 0.05) is 21.3 Å². The summed E-state index contributed by atoms with van der Waals surface area (Å²) in [6.07, 6.45) is 1.40. The van der Waals surface area contributed by atoms with Crippen LogP contribution in [-0.2, 0) is 6.54 Å². The Morgan fingerprint density at radius 3 is 2.81 bits per heavy atom. The molecule has 7 heteroatoms. The topological polar surface area (TPSA) is 79.5 Å².